The van der Waals surface area contributed by atoms with Crippen LogP contribution in [0.3, 0.4) is 0 Å². The summed E-state index contributed by atoms with van der Waals surface area (Å²) in [7, 11) is 0. The van der Waals surface area contributed by atoms with Gasteiger partial charge in [0.25, 0.3) is 0 Å². The predicted molar refractivity (Wildman–Crippen MR) is 65.8 cm³/mol. The Morgan fingerprint density at radius 1 is 1.50 bits per heavy atom. The van der Waals surface area contributed by atoms with Crippen LogP contribution in [0.15, 0.2) is 27.2 Å². The molecular formula is C10H13N3OS2. The van der Waals surface area contributed by atoms with E-state index in [1.165, 1.54) is 0 Å². The van der Waals surface area contributed by atoms with Crippen LogP contribution in [0.4, 0.5) is 0 Å². The number of aromatic nitrogens is 2. The molecule has 0 amide bonds. The van der Waals surface area contributed by atoms with Crippen molar-refractivity contribution in [3.63, 3.8) is 0 Å². The molecule has 2 heterocycles. The lowest BCUT2D eigenvalue weighted by molar-refractivity contribution is 0.488. The van der Waals surface area contributed by atoms with Gasteiger partial charge in [0.15, 0.2) is 4.34 Å². The fourth-order valence-electron chi connectivity index (χ4n) is 1.17. The third-order valence-electron chi connectivity index (χ3n) is 1.89. The minimum atomic E-state index is 0.780. The van der Waals surface area contributed by atoms with Crippen molar-refractivity contribution in [2.24, 2.45) is 0 Å². The highest BCUT2D eigenvalue weighted by molar-refractivity contribution is 8.01. The highest BCUT2D eigenvalue weighted by Gasteiger charge is 2.00. The second-order valence-electron chi connectivity index (χ2n) is 3.19. The van der Waals surface area contributed by atoms with Crippen molar-refractivity contribution in [2.45, 2.75) is 17.8 Å². The van der Waals surface area contributed by atoms with E-state index in [1.54, 1.807) is 29.4 Å². The van der Waals surface area contributed by atoms with Crippen LogP contribution in [0.5, 0.6) is 0 Å². The molecule has 16 heavy (non-hydrogen) atoms. The van der Waals surface area contributed by atoms with Gasteiger partial charge in [0, 0.05) is 12.3 Å². The minimum absolute atomic E-state index is 0.780. The summed E-state index contributed by atoms with van der Waals surface area (Å²) in [5.74, 6) is 1.96. The van der Waals surface area contributed by atoms with Gasteiger partial charge < -0.3 is 9.73 Å². The average Bonchev–Trinajstić information content (AvgIpc) is 2.89. The molecule has 0 aliphatic heterocycles. The van der Waals surface area contributed by atoms with Crippen LogP contribution in [0.1, 0.15) is 10.8 Å². The number of nitrogens with zero attached hydrogens (tertiary/aromatic N) is 2. The highest BCUT2D eigenvalue weighted by Crippen LogP contribution is 2.20. The standard InChI is InChI=1S/C10H13N3OS2/c1-8-12-13-10(16-8)15-6-4-11-7-9-3-2-5-14-9/h2-3,5,11H,4,6-7H2,1H3. The molecule has 0 fully saturated rings. The van der Waals surface area contributed by atoms with E-state index in [0.717, 1.165) is 33.9 Å². The Labute approximate surface area is 102 Å². The molecule has 2 aromatic rings. The molecule has 86 valence electrons. The van der Waals surface area contributed by atoms with E-state index in [1.807, 2.05) is 19.1 Å². The second kappa shape index (κ2) is 6.03. The number of nitrogens with one attached hydrogen (secondary N) is 1. The summed E-state index contributed by atoms with van der Waals surface area (Å²) < 4.78 is 6.25. The number of thioether (sulfide) groups is 1. The van der Waals surface area contributed by atoms with Crippen LogP contribution in [-0.2, 0) is 6.54 Å². The van der Waals surface area contributed by atoms with Gasteiger partial charge in [-0.05, 0) is 19.1 Å². The summed E-state index contributed by atoms with van der Waals surface area (Å²) in [6, 6.07) is 3.87. The topological polar surface area (TPSA) is 51.0 Å². The Balaban J connectivity index is 1.59. The van der Waals surface area contributed by atoms with Crippen molar-refractivity contribution in [2.75, 3.05) is 12.3 Å². The lowest BCUT2D eigenvalue weighted by Gasteiger charge is -2.00. The van der Waals surface area contributed by atoms with Crippen molar-refractivity contribution in [3.05, 3.63) is 29.2 Å². The predicted octanol–water partition coefficient (Wildman–Crippen LogP) is 2.32. The van der Waals surface area contributed by atoms with E-state index in [-0.39, 0.29) is 0 Å². The van der Waals surface area contributed by atoms with Gasteiger partial charge in [0.05, 0.1) is 12.8 Å². The van der Waals surface area contributed by atoms with Crippen LogP contribution in [-0.4, -0.2) is 22.5 Å². The third kappa shape index (κ3) is 3.62. The smallest absolute Gasteiger partial charge is 0.174 e. The zero-order chi connectivity index (χ0) is 11.2. The van der Waals surface area contributed by atoms with Gasteiger partial charge in [-0.1, -0.05) is 23.1 Å². The van der Waals surface area contributed by atoms with Gasteiger partial charge in [-0.15, -0.1) is 10.2 Å². The van der Waals surface area contributed by atoms with Crippen LogP contribution in [0.2, 0.25) is 0 Å². The Morgan fingerprint density at radius 3 is 3.12 bits per heavy atom. The molecule has 6 heteroatoms. The molecule has 0 aliphatic carbocycles. The summed E-state index contributed by atoms with van der Waals surface area (Å²) in [5.41, 5.74) is 0. The first-order valence-electron chi connectivity index (χ1n) is 5.00. The first-order valence-corrected chi connectivity index (χ1v) is 6.81. The summed E-state index contributed by atoms with van der Waals surface area (Å²) in [5, 5.41) is 12.3. The molecule has 0 saturated heterocycles. The van der Waals surface area contributed by atoms with E-state index in [9.17, 15) is 0 Å². The molecule has 0 bridgehead atoms. The SMILES string of the molecule is Cc1nnc(SCCNCc2ccco2)s1. The number of rotatable bonds is 6. The molecule has 2 aromatic heterocycles. The number of hydrogen-bond donors (Lipinski definition) is 1. The summed E-state index contributed by atoms with van der Waals surface area (Å²) in [4.78, 5) is 0. The Kier molecular flexibility index (Phi) is 4.38. The number of furan rings is 1. The van der Waals surface area contributed by atoms with Gasteiger partial charge >= 0.3 is 0 Å². The largest absolute Gasteiger partial charge is 0.468 e. The maximum Gasteiger partial charge on any atom is 0.174 e. The van der Waals surface area contributed by atoms with Crippen LogP contribution in [0.25, 0.3) is 0 Å². The van der Waals surface area contributed by atoms with Crippen molar-refractivity contribution in [1.82, 2.24) is 15.5 Å². The molecule has 0 spiro atoms. The third-order valence-corrected chi connectivity index (χ3v) is 3.86. The second-order valence-corrected chi connectivity index (χ2v) is 5.72. The first-order chi connectivity index (χ1) is 7.84. The molecule has 0 unspecified atom stereocenters. The van der Waals surface area contributed by atoms with Gasteiger partial charge in [-0.2, -0.15) is 0 Å². The molecule has 0 aromatic carbocycles. The molecule has 0 radical (unpaired) electrons. The van der Waals surface area contributed by atoms with Crippen LogP contribution < -0.4 is 5.32 Å². The van der Waals surface area contributed by atoms with Gasteiger partial charge in [0.1, 0.15) is 10.8 Å². The fourth-order valence-corrected chi connectivity index (χ4v) is 2.96. The molecule has 0 atom stereocenters. The number of aryl methyl sites for hydroxylation is 1. The molecule has 2 rings (SSSR count). The van der Waals surface area contributed by atoms with E-state index in [4.69, 9.17) is 4.42 Å². The maximum atomic E-state index is 5.21. The maximum absolute atomic E-state index is 5.21. The van der Waals surface area contributed by atoms with Crippen LogP contribution >= 0.6 is 23.1 Å². The van der Waals surface area contributed by atoms with Crippen LogP contribution in [0, 0.1) is 6.92 Å². The van der Waals surface area contributed by atoms with E-state index in [2.05, 4.69) is 15.5 Å². The Hall–Kier alpha value is -0.850. The van der Waals surface area contributed by atoms with Crippen molar-refractivity contribution in [3.8, 4) is 0 Å². The molecule has 4 nitrogen and oxygen atoms in total. The first kappa shape index (κ1) is 11.6. The monoisotopic (exact) mass is 255 g/mol. The van der Waals surface area contributed by atoms with Crippen molar-refractivity contribution in [1.29, 1.82) is 0 Å². The van der Waals surface area contributed by atoms with Crippen molar-refractivity contribution >= 4 is 23.1 Å². The zero-order valence-corrected chi connectivity index (χ0v) is 10.6. The van der Waals surface area contributed by atoms with Gasteiger partial charge in [-0.3, -0.25) is 0 Å². The van der Waals surface area contributed by atoms with Gasteiger partial charge in [-0.25, -0.2) is 0 Å². The average molecular weight is 255 g/mol. The van der Waals surface area contributed by atoms with Crippen molar-refractivity contribution < 1.29 is 4.42 Å². The summed E-state index contributed by atoms with van der Waals surface area (Å²) >= 11 is 3.37. The zero-order valence-electron chi connectivity index (χ0n) is 8.97. The molecular weight excluding hydrogens is 242 g/mol. The normalized spacial score (nSPS) is 10.8. The fraction of sp³-hybridized carbons (Fsp3) is 0.400. The van der Waals surface area contributed by atoms with E-state index in [0.29, 0.717) is 0 Å². The minimum Gasteiger partial charge on any atom is -0.468 e. The lowest BCUT2D eigenvalue weighted by atomic mass is 10.4. The number of hydrogen-bond acceptors (Lipinski definition) is 6. The summed E-state index contributed by atoms with van der Waals surface area (Å²) in [6.45, 7) is 3.68. The van der Waals surface area contributed by atoms with Gasteiger partial charge in [0.2, 0.25) is 0 Å². The lowest BCUT2D eigenvalue weighted by Crippen LogP contribution is -2.15. The Bertz CT molecular complexity index is 413. The van der Waals surface area contributed by atoms with E-state index >= 15 is 0 Å². The molecule has 1 N–H and O–H groups in total. The Morgan fingerprint density at radius 2 is 2.44 bits per heavy atom. The summed E-state index contributed by atoms with van der Waals surface area (Å²) in [6.07, 6.45) is 1.69. The van der Waals surface area contributed by atoms with E-state index < -0.39 is 0 Å². The highest BCUT2D eigenvalue weighted by atomic mass is 32.2. The molecule has 0 aliphatic rings. The quantitative estimate of drug-likeness (QED) is 0.634. The molecule has 0 saturated carbocycles.